The Morgan fingerprint density at radius 1 is 0.825 bits per heavy atom. The van der Waals surface area contributed by atoms with Gasteiger partial charge < -0.3 is 39.2 Å². The van der Waals surface area contributed by atoms with Crippen molar-refractivity contribution in [2.24, 2.45) is 46.3 Å². The molecule has 57 heavy (non-hydrogen) atoms. The number of unbranched alkanes of at least 4 members (excludes halogenated alkanes) is 1. The van der Waals surface area contributed by atoms with Gasteiger partial charge in [-0.1, -0.05) is 65.5 Å². The van der Waals surface area contributed by atoms with Crippen LogP contribution in [0.5, 0.6) is 0 Å². The van der Waals surface area contributed by atoms with Crippen LogP contribution in [0.4, 0.5) is 4.79 Å². The first-order chi connectivity index (χ1) is 27.5. The van der Waals surface area contributed by atoms with Crippen molar-refractivity contribution in [2.75, 3.05) is 79.2 Å². The van der Waals surface area contributed by atoms with Crippen molar-refractivity contribution in [2.45, 2.75) is 137 Å². The van der Waals surface area contributed by atoms with Crippen LogP contribution in [-0.2, 0) is 37.3 Å². The number of alkyl carbamates (subject to hydrolysis) is 1. The van der Waals surface area contributed by atoms with Gasteiger partial charge in [0.2, 0.25) is 0 Å². The molecule has 10 atom stereocenters. The van der Waals surface area contributed by atoms with E-state index in [0.29, 0.717) is 77.5 Å². The molecule has 0 aromatic heterocycles. The Hall–Kier alpha value is -1.21. The number of amides is 1. The number of allylic oxidation sites excluding steroid dienone is 1. The van der Waals surface area contributed by atoms with Crippen molar-refractivity contribution in [3.63, 3.8) is 0 Å². The lowest BCUT2D eigenvalue weighted by atomic mass is 9.47. The molecule has 0 aromatic rings. The van der Waals surface area contributed by atoms with Gasteiger partial charge in [0.15, 0.2) is 0 Å². The van der Waals surface area contributed by atoms with Gasteiger partial charge in [-0.05, 0) is 111 Å². The van der Waals surface area contributed by atoms with Crippen LogP contribution in [0.2, 0.25) is 0 Å². The summed E-state index contributed by atoms with van der Waals surface area (Å²) in [4.78, 5) is 12.7. The number of carbonyl (C=O) groups is 1. The van der Waals surface area contributed by atoms with Gasteiger partial charge in [-0.25, -0.2) is 4.79 Å². The maximum absolute atomic E-state index is 12.7. The third kappa shape index (κ3) is 15.3. The van der Waals surface area contributed by atoms with Crippen LogP contribution in [0.15, 0.2) is 11.6 Å². The first kappa shape index (κ1) is 48.5. The number of ether oxygens (including phenoxy) is 5. The van der Waals surface area contributed by atoms with Crippen LogP contribution < -0.4 is 5.32 Å². The van der Waals surface area contributed by atoms with Crippen LogP contribution >= 0.6 is 8.25 Å². The standard InChI is InChI=1S/C44H78NO11P/c1-33(2)10-8-11-34(3)39-14-15-40-38-13-12-35-30-37(16-18-43(35,4)41(38)17-19-44(39,40)5)56-42(48)45-20-9-22-50-24-25-51-26-27-52-28-29-53-31-36(47)32-55-57(49)54-23-7-6-21-46/h12,33-34,36-41,46-47H,6-11,13-32H2,1-5H3/p+1/t34-,36?,37+,38?,39-,40?,41?,43+,44-/m0/s1. The van der Waals surface area contributed by atoms with E-state index in [9.17, 15) is 14.5 Å². The van der Waals surface area contributed by atoms with E-state index in [1.807, 2.05) is 0 Å². The largest absolute Gasteiger partial charge is 0.697 e. The lowest BCUT2D eigenvalue weighted by molar-refractivity contribution is -0.0581. The number of nitrogens with one attached hydrogen (secondary N) is 1. The van der Waals surface area contributed by atoms with Gasteiger partial charge in [0.25, 0.3) is 0 Å². The zero-order valence-corrected chi connectivity index (χ0v) is 37.0. The highest BCUT2D eigenvalue weighted by atomic mass is 31.1. The smallest absolute Gasteiger partial charge is 0.446 e. The Kier molecular flexibility index (Phi) is 21.7. The number of carbonyl (C=O) groups excluding carboxylic acids is 1. The van der Waals surface area contributed by atoms with Crippen molar-refractivity contribution in [1.82, 2.24) is 5.32 Å². The van der Waals surface area contributed by atoms with E-state index in [0.717, 1.165) is 54.8 Å². The van der Waals surface area contributed by atoms with E-state index < -0.39 is 14.4 Å². The number of fused-ring (bicyclic) bond motifs is 5. The lowest BCUT2D eigenvalue weighted by Crippen LogP contribution is -2.51. The van der Waals surface area contributed by atoms with Crippen LogP contribution in [0, 0.1) is 46.3 Å². The number of hydrogen-bond acceptors (Lipinski definition) is 11. The first-order valence-electron chi connectivity index (χ1n) is 22.4. The molecule has 12 nitrogen and oxygen atoms in total. The molecular weight excluding hydrogens is 749 g/mol. The summed E-state index contributed by atoms with van der Waals surface area (Å²) in [6, 6.07) is 0. The predicted octanol–water partition coefficient (Wildman–Crippen LogP) is 8.40. The fourth-order valence-electron chi connectivity index (χ4n) is 10.8. The molecule has 1 amide bonds. The minimum atomic E-state index is -2.30. The molecule has 0 aliphatic heterocycles. The minimum Gasteiger partial charge on any atom is -0.446 e. The molecule has 4 aliphatic rings. The van der Waals surface area contributed by atoms with Gasteiger partial charge in [-0.3, -0.25) is 0 Å². The van der Waals surface area contributed by atoms with E-state index in [4.69, 9.17) is 37.8 Å². The molecule has 0 spiro atoms. The van der Waals surface area contributed by atoms with Crippen molar-refractivity contribution < 1.29 is 52.3 Å². The van der Waals surface area contributed by atoms with Gasteiger partial charge in [0.1, 0.15) is 25.4 Å². The molecule has 0 aromatic carbocycles. The summed E-state index contributed by atoms with van der Waals surface area (Å²) in [6.07, 6.45) is 17.0. The average molecular weight is 829 g/mol. The molecule has 5 unspecified atom stereocenters. The number of rotatable bonds is 29. The Balaban J connectivity index is 0.982. The predicted molar refractivity (Wildman–Crippen MR) is 221 cm³/mol. The van der Waals surface area contributed by atoms with Gasteiger partial charge >= 0.3 is 14.3 Å². The molecular formula is C44H79NO11P+. The van der Waals surface area contributed by atoms with E-state index in [-0.39, 0.29) is 44.0 Å². The minimum absolute atomic E-state index is 0.0275. The van der Waals surface area contributed by atoms with Crippen molar-refractivity contribution in [3.8, 4) is 0 Å². The molecule has 3 fully saturated rings. The molecule has 13 heteroatoms. The molecule has 4 aliphatic carbocycles. The van der Waals surface area contributed by atoms with Crippen molar-refractivity contribution in [3.05, 3.63) is 11.6 Å². The summed E-state index contributed by atoms with van der Waals surface area (Å²) in [6.45, 7) is 16.1. The molecule has 0 radical (unpaired) electrons. The Labute approximate surface area is 345 Å². The molecule has 3 N–H and O–H groups in total. The highest BCUT2D eigenvalue weighted by molar-refractivity contribution is 7.33. The molecule has 4 rings (SSSR count). The van der Waals surface area contributed by atoms with Crippen LogP contribution in [0.25, 0.3) is 0 Å². The average Bonchev–Trinajstić information content (AvgIpc) is 3.54. The van der Waals surface area contributed by atoms with E-state index >= 15 is 0 Å². The fraction of sp³-hybridized carbons (Fsp3) is 0.932. The zero-order chi connectivity index (χ0) is 41.1. The highest BCUT2D eigenvalue weighted by Gasteiger charge is 2.59. The second-order valence-corrected chi connectivity index (χ2v) is 19.2. The SMILES string of the molecule is CC(C)CCC[C@H](C)[C@@H]1CCC2C3CC=C4C[C@H](OC(=O)NCCCOCCOCCOCCOCC(O)CO[P+](=O)OCCCCO)CC[C@@]4(C)C3CC[C@]21C. The third-order valence-electron chi connectivity index (χ3n) is 13.8. The Morgan fingerprint density at radius 2 is 1.54 bits per heavy atom. The summed E-state index contributed by atoms with van der Waals surface area (Å²) in [5.41, 5.74) is 2.30. The summed E-state index contributed by atoms with van der Waals surface area (Å²) in [5, 5.41) is 21.5. The van der Waals surface area contributed by atoms with Gasteiger partial charge in [0.05, 0.1) is 46.2 Å². The summed E-state index contributed by atoms with van der Waals surface area (Å²) < 4.78 is 49.4. The van der Waals surface area contributed by atoms with Gasteiger partial charge in [-0.15, -0.1) is 9.05 Å². The summed E-state index contributed by atoms with van der Waals surface area (Å²) in [7, 11) is -2.30. The number of hydrogen-bond donors (Lipinski definition) is 3. The third-order valence-corrected chi connectivity index (χ3v) is 14.6. The lowest BCUT2D eigenvalue weighted by Gasteiger charge is -2.58. The Bertz CT molecular complexity index is 1210. The first-order valence-corrected chi connectivity index (χ1v) is 23.5. The van der Waals surface area contributed by atoms with E-state index in [1.165, 1.54) is 51.4 Å². The van der Waals surface area contributed by atoms with Crippen molar-refractivity contribution in [1.29, 1.82) is 0 Å². The maximum atomic E-state index is 12.7. The molecule has 3 saturated carbocycles. The van der Waals surface area contributed by atoms with E-state index in [1.54, 1.807) is 5.57 Å². The van der Waals surface area contributed by atoms with Gasteiger partial charge in [-0.2, -0.15) is 0 Å². The molecule has 0 bridgehead atoms. The molecule has 330 valence electrons. The second-order valence-electron chi connectivity index (χ2n) is 18.2. The Morgan fingerprint density at radius 3 is 2.26 bits per heavy atom. The normalized spacial score (nSPS) is 29.6. The topological polar surface area (TPSA) is 151 Å². The highest BCUT2D eigenvalue weighted by Crippen LogP contribution is 2.67. The van der Waals surface area contributed by atoms with E-state index in [2.05, 4.69) is 46.0 Å². The fourth-order valence-corrected chi connectivity index (χ4v) is 11.4. The zero-order valence-electron chi connectivity index (χ0n) is 36.1. The second kappa shape index (κ2) is 25.5. The summed E-state index contributed by atoms with van der Waals surface area (Å²) in [5.74, 6) is 4.96. The monoisotopic (exact) mass is 829 g/mol. The number of aliphatic hydroxyl groups excluding tert-OH is 2. The van der Waals surface area contributed by atoms with Gasteiger partial charge in [0, 0.05) is 30.7 Å². The number of aliphatic hydroxyl groups is 2. The quantitative estimate of drug-likeness (QED) is 0.0379. The molecule has 0 saturated heterocycles. The maximum Gasteiger partial charge on any atom is 0.697 e. The molecule has 0 heterocycles. The van der Waals surface area contributed by atoms with Crippen LogP contribution in [0.3, 0.4) is 0 Å². The van der Waals surface area contributed by atoms with Crippen LogP contribution in [0.1, 0.15) is 125 Å². The van der Waals surface area contributed by atoms with Crippen LogP contribution in [-0.4, -0.2) is 108 Å². The van der Waals surface area contributed by atoms with Crippen molar-refractivity contribution >= 4 is 14.3 Å². The summed E-state index contributed by atoms with van der Waals surface area (Å²) >= 11 is 0.